The van der Waals surface area contributed by atoms with Crippen LogP contribution in [0.5, 0.6) is 0 Å². The minimum absolute atomic E-state index is 0.138. The molecule has 0 unspecified atom stereocenters. The maximum atomic E-state index is 11.9. The molecular formula is C16H19IN2O2. The first-order valence-corrected chi connectivity index (χ1v) is 7.78. The van der Waals surface area contributed by atoms with E-state index in [9.17, 15) is 4.79 Å². The summed E-state index contributed by atoms with van der Waals surface area (Å²) in [6.45, 7) is 8.37. The molecule has 21 heavy (non-hydrogen) atoms. The van der Waals surface area contributed by atoms with Crippen molar-refractivity contribution in [2.75, 3.05) is 7.11 Å². The maximum Gasteiger partial charge on any atom is 0.359 e. The first kappa shape index (κ1) is 16.0. The van der Waals surface area contributed by atoms with Gasteiger partial charge in [0.1, 0.15) is 0 Å². The summed E-state index contributed by atoms with van der Waals surface area (Å²) < 4.78 is 7.51. The lowest BCUT2D eigenvalue weighted by Gasteiger charge is -2.21. The van der Waals surface area contributed by atoms with E-state index < -0.39 is 5.97 Å². The van der Waals surface area contributed by atoms with E-state index in [0.29, 0.717) is 5.69 Å². The van der Waals surface area contributed by atoms with Crippen LogP contribution in [-0.2, 0) is 10.2 Å². The van der Waals surface area contributed by atoms with Gasteiger partial charge < -0.3 is 4.74 Å². The van der Waals surface area contributed by atoms with Gasteiger partial charge in [-0.1, -0.05) is 38.5 Å². The Bertz CT molecular complexity index is 667. The van der Waals surface area contributed by atoms with Crippen molar-refractivity contribution in [3.8, 4) is 5.69 Å². The largest absolute Gasteiger partial charge is 0.464 e. The van der Waals surface area contributed by atoms with Crippen LogP contribution in [0.2, 0.25) is 0 Å². The van der Waals surface area contributed by atoms with Gasteiger partial charge in [-0.2, -0.15) is 5.10 Å². The molecule has 112 valence electrons. The summed E-state index contributed by atoms with van der Waals surface area (Å²) >= 11 is 2.17. The van der Waals surface area contributed by atoms with Crippen molar-refractivity contribution in [2.45, 2.75) is 33.1 Å². The molecule has 0 bridgehead atoms. The molecule has 1 aromatic carbocycles. The predicted molar refractivity (Wildman–Crippen MR) is 91.1 cm³/mol. The lowest BCUT2D eigenvalue weighted by Crippen LogP contribution is -2.18. The highest BCUT2D eigenvalue weighted by Gasteiger charge is 2.29. The summed E-state index contributed by atoms with van der Waals surface area (Å²) in [4.78, 5) is 11.9. The monoisotopic (exact) mass is 398 g/mol. The molecule has 2 rings (SSSR count). The second-order valence-electron chi connectivity index (χ2n) is 6.00. The van der Waals surface area contributed by atoms with Crippen molar-refractivity contribution in [1.29, 1.82) is 0 Å². The molecule has 0 N–H and O–H groups in total. The molecule has 1 heterocycles. The molecular weight excluding hydrogens is 379 g/mol. The van der Waals surface area contributed by atoms with Crippen LogP contribution in [-0.4, -0.2) is 22.9 Å². The van der Waals surface area contributed by atoms with Gasteiger partial charge in [0, 0.05) is 5.41 Å². The number of aromatic nitrogens is 2. The number of aryl methyl sites for hydroxylation is 1. The van der Waals surface area contributed by atoms with E-state index in [-0.39, 0.29) is 5.41 Å². The Morgan fingerprint density at radius 2 is 1.81 bits per heavy atom. The highest BCUT2D eigenvalue weighted by molar-refractivity contribution is 14.1. The summed E-state index contributed by atoms with van der Waals surface area (Å²) in [6, 6.07) is 8.09. The van der Waals surface area contributed by atoms with E-state index in [2.05, 4.69) is 48.5 Å². The van der Waals surface area contributed by atoms with Gasteiger partial charge in [-0.25, -0.2) is 9.48 Å². The fraction of sp³-hybridized carbons (Fsp3) is 0.375. The van der Waals surface area contributed by atoms with E-state index in [1.165, 1.54) is 12.7 Å². The highest BCUT2D eigenvalue weighted by atomic mass is 127. The fourth-order valence-corrected chi connectivity index (χ4v) is 3.51. The average molecular weight is 398 g/mol. The van der Waals surface area contributed by atoms with Crippen LogP contribution in [0.3, 0.4) is 0 Å². The highest BCUT2D eigenvalue weighted by Crippen LogP contribution is 2.31. The summed E-state index contributed by atoms with van der Waals surface area (Å²) in [5.74, 6) is -0.407. The molecule has 0 atom stereocenters. The van der Waals surface area contributed by atoms with E-state index in [1.807, 2.05) is 35.9 Å². The van der Waals surface area contributed by atoms with Crippen LogP contribution in [0, 0.1) is 10.5 Å². The summed E-state index contributed by atoms with van der Waals surface area (Å²) in [6.07, 6.45) is 0. The van der Waals surface area contributed by atoms with Gasteiger partial charge in [-0.15, -0.1) is 0 Å². The zero-order chi connectivity index (χ0) is 15.8. The molecule has 0 fully saturated rings. The Morgan fingerprint density at radius 3 is 2.29 bits per heavy atom. The topological polar surface area (TPSA) is 44.1 Å². The van der Waals surface area contributed by atoms with Crippen molar-refractivity contribution in [1.82, 2.24) is 9.78 Å². The van der Waals surface area contributed by atoms with Crippen LogP contribution in [0.25, 0.3) is 5.69 Å². The first-order chi connectivity index (χ1) is 9.75. The third-order valence-corrected chi connectivity index (χ3v) is 4.22. The quantitative estimate of drug-likeness (QED) is 0.570. The Labute approximate surface area is 138 Å². The van der Waals surface area contributed by atoms with Crippen molar-refractivity contribution in [3.05, 3.63) is 44.8 Å². The van der Waals surface area contributed by atoms with E-state index in [4.69, 9.17) is 4.74 Å². The number of benzene rings is 1. The Morgan fingerprint density at radius 1 is 1.24 bits per heavy atom. The van der Waals surface area contributed by atoms with Crippen molar-refractivity contribution in [3.63, 3.8) is 0 Å². The van der Waals surface area contributed by atoms with Gasteiger partial charge in [-0.05, 0) is 41.6 Å². The Balaban J connectivity index is 2.69. The average Bonchev–Trinajstić information content (AvgIpc) is 2.76. The van der Waals surface area contributed by atoms with E-state index in [1.54, 1.807) is 0 Å². The number of carbonyl (C=O) groups is 1. The van der Waals surface area contributed by atoms with Gasteiger partial charge in [0.25, 0.3) is 0 Å². The SMILES string of the molecule is COC(=O)c1nn(-c2ccc(C)cc2)c(C(C)(C)C)c1I. The zero-order valence-corrected chi connectivity index (χ0v) is 15.1. The number of esters is 1. The number of hydrogen-bond donors (Lipinski definition) is 0. The number of methoxy groups -OCH3 is 1. The molecule has 0 aliphatic rings. The molecule has 0 aliphatic heterocycles. The lowest BCUT2D eigenvalue weighted by molar-refractivity contribution is 0.0592. The number of hydrogen-bond acceptors (Lipinski definition) is 3. The van der Waals surface area contributed by atoms with Gasteiger partial charge in [0.05, 0.1) is 22.1 Å². The Kier molecular flexibility index (Phi) is 4.41. The number of nitrogens with zero attached hydrogens (tertiary/aromatic N) is 2. The van der Waals surface area contributed by atoms with Crippen molar-refractivity contribution < 1.29 is 9.53 Å². The summed E-state index contributed by atoms with van der Waals surface area (Å²) in [5.41, 5.74) is 3.36. The second kappa shape index (κ2) is 5.79. The van der Waals surface area contributed by atoms with Gasteiger partial charge in [-0.3, -0.25) is 0 Å². The van der Waals surface area contributed by atoms with Crippen LogP contribution in [0.4, 0.5) is 0 Å². The van der Waals surface area contributed by atoms with Crippen LogP contribution in [0.15, 0.2) is 24.3 Å². The van der Waals surface area contributed by atoms with Crippen LogP contribution in [0.1, 0.15) is 42.5 Å². The number of halogens is 1. The minimum Gasteiger partial charge on any atom is -0.464 e. The maximum absolute atomic E-state index is 11.9. The molecule has 0 saturated heterocycles. The number of carbonyl (C=O) groups excluding carboxylic acids is 1. The predicted octanol–water partition coefficient (Wildman–Crippen LogP) is 3.87. The number of ether oxygens (including phenoxy) is 1. The first-order valence-electron chi connectivity index (χ1n) is 6.70. The van der Waals surface area contributed by atoms with Crippen LogP contribution >= 0.6 is 22.6 Å². The van der Waals surface area contributed by atoms with Gasteiger partial charge in [0.15, 0.2) is 5.69 Å². The lowest BCUT2D eigenvalue weighted by atomic mass is 9.91. The standard InChI is InChI=1S/C16H19IN2O2/c1-10-6-8-11(9-7-10)19-14(16(2,3)4)12(17)13(18-19)15(20)21-5/h6-9H,1-5H3. The minimum atomic E-state index is -0.407. The second-order valence-corrected chi connectivity index (χ2v) is 7.08. The smallest absolute Gasteiger partial charge is 0.359 e. The molecule has 0 radical (unpaired) electrons. The van der Waals surface area contributed by atoms with Gasteiger partial charge in [0.2, 0.25) is 0 Å². The summed E-state index contributed by atoms with van der Waals surface area (Å²) in [5, 5.41) is 4.48. The third kappa shape index (κ3) is 3.12. The third-order valence-electron chi connectivity index (χ3n) is 3.20. The molecule has 5 heteroatoms. The molecule has 0 aliphatic carbocycles. The fourth-order valence-electron chi connectivity index (χ4n) is 2.15. The Hall–Kier alpha value is -1.37. The molecule has 4 nitrogen and oxygen atoms in total. The van der Waals surface area contributed by atoms with Gasteiger partial charge >= 0.3 is 5.97 Å². The molecule has 1 aromatic heterocycles. The molecule has 0 saturated carbocycles. The molecule has 0 amide bonds. The summed E-state index contributed by atoms with van der Waals surface area (Å²) in [7, 11) is 1.38. The van der Waals surface area contributed by atoms with Crippen molar-refractivity contribution in [2.24, 2.45) is 0 Å². The molecule has 2 aromatic rings. The normalized spacial score (nSPS) is 11.5. The zero-order valence-electron chi connectivity index (χ0n) is 12.9. The number of rotatable bonds is 2. The van der Waals surface area contributed by atoms with Crippen LogP contribution < -0.4 is 0 Å². The molecule has 0 spiro atoms. The van der Waals surface area contributed by atoms with E-state index >= 15 is 0 Å². The van der Waals surface area contributed by atoms with E-state index in [0.717, 1.165) is 15.0 Å². The van der Waals surface area contributed by atoms with Crippen molar-refractivity contribution >= 4 is 28.6 Å².